The van der Waals surface area contributed by atoms with Gasteiger partial charge in [-0.1, -0.05) is 13.0 Å². The van der Waals surface area contributed by atoms with Gasteiger partial charge in [-0.15, -0.1) is 11.3 Å². The maximum absolute atomic E-state index is 11.8. The number of carbonyl (C=O) groups is 1. The van der Waals surface area contributed by atoms with Gasteiger partial charge < -0.3 is 10.4 Å². The molecule has 90 valence electrons. The van der Waals surface area contributed by atoms with Gasteiger partial charge in [0.25, 0.3) is 0 Å². The highest BCUT2D eigenvalue weighted by Gasteiger charge is 2.23. The molecule has 0 aliphatic carbocycles. The molecule has 1 atom stereocenters. The molecule has 0 fully saturated rings. The van der Waals surface area contributed by atoms with Crippen molar-refractivity contribution >= 4 is 17.2 Å². The van der Waals surface area contributed by atoms with Crippen LogP contribution < -0.4 is 5.32 Å². The molecule has 0 saturated heterocycles. The highest BCUT2D eigenvalue weighted by molar-refractivity contribution is 7.10. The molecule has 1 heterocycles. The molecule has 2 N–H and O–H groups in total. The van der Waals surface area contributed by atoms with Crippen LogP contribution in [0, 0.1) is 0 Å². The smallest absolute Gasteiger partial charge is 0.225 e. The van der Waals surface area contributed by atoms with Crippen LogP contribution >= 0.6 is 11.3 Å². The Morgan fingerprint density at radius 3 is 2.88 bits per heavy atom. The number of hydrogen-bond donors (Lipinski definition) is 2. The minimum atomic E-state index is -0.289. The number of aliphatic hydroxyl groups excluding tert-OH is 1. The summed E-state index contributed by atoms with van der Waals surface area (Å²) in [7, 11) is 0. The molecule has 1 rings (SSSR count). The number of rotatable bonds is 6. The predicted octanol–water partition coefficient (Wildman–Crippen LogP) is 1.96. The van der Waals surface area contributed by atoms with E-state index in [1.807, 2.05) is 31.4 Å². The van der Waals surface area contributed by atoms with E-state index in [-0.39, 0.29) is 18.1 Å². The van der Waals surface area contributed by atoms with Crippen LogP contribution in [0.5, 0.6) is 0 Å². The molecule has 0 aliphatic rings. The minimum absolute atomic E-state index is 0.0280. The molecule has 1 aromatic heterocycles. The third-order valence-corrected chi connectivity index (χ3v) is 3.68. The first-order chi connectivity index (χ1) is 7.59. The Kier molecular flexibility index (Phi) is 4.96. The lowest BCUT2D eigenvalue weighted by molar-refractivity contribution is -0.122. The molecule has 1 aromatic rings. The maximum atomic E-state index is 11.8. The summed E-state index contributed by atoms with van der Waals surface area (Å²) >= 11 is 1.59. The van der Waals surface area contributed by atoms with Crippen molar-refractivity contribution in [3.63, 3.8) is 0 Å². The van der Waals surface area contributed by atoms with Crippen LogP contribution in [0.15, 0.2) is 17.5 Å². The fraction of sp³-hybridized carbons (Fsp3) is 0.583. The van der Waals surface area contributed by atoms with Crippen LogP contribution in [-0.4, -0.2) is 23.2 Å². The number of carbonyl (C=O) groups excluding carboxylic acids is 1. The first-order valence-corrected chi connectivity index (χ1v) is 6.42. The maximum Gasteiger partial charge on any atom is 0.225 e. The largest absolute Gasteiger partial charge is 0.396 e. The van der Waals surface area contributed by atoms with E-state index in [0.29, 0.717) is 12.8 Å². The van der Waals surface area contributed by atoms with Gasteiger partial charge in [0.05, 0.1) is 6.42 Å². The molecule has 1 amide bonds. The van der Waals surface area contributed by atoms with Crippen molar-refractivity contribution in [2.45, 2.75) is 38.6 Å². The van der Waals surface area contributed by atoms with E-state index in [9.17, 15) is 4.79 Å². The second kappa shape index (κ2) is 6.01. The summed E-state index contributed by atoms with van der Waals surface area (Å²) < 4.78 is 0. The van der Waals surface area contributed by atoms with Crippen LogP contribution in [0.2, 0.25) is 0 Å². The third kappa shape index (κ3) is 3.94. The summed E-state index contributed by atoms with van der Waals surface area (Å²) in [5.41, 5.74) is -0.289. The highest BCUT2D eigenvalue weighted by atomic mass is 32.1. The van der Waals surface area contributed by atoms with Gasteiger partial charge in [-0.2, -0.15) is 0 Å². The molecule has 16 heavy (non-hydrogen) atoms. The fourth-order valence-electron chi connectivity index (χ4n) is 1.53. The normalized spacial score (nSPS) is 14.4. The van der Waals surface area contributed by atoms with Gasteiger partial charge in [0, 0.05) is 17.0 Å². The zero-order valence-electron chi connectivity index (χ0n) is 9.82. The second-order valence-electron chi connectivity index (χ2n) is 4.19. The number of nitrogens with one attached hydrogen (secondary N) is 1. The zero-order valence-corrected chi connectivity index (χ0v) is 10.6. The first-order valence-electron chi connectivity index (χ1n) is 5.54. The Bertz CT molecular complexity index is 324. The molecule has 0 bridgehead atoms. The summed E-state index contributed by atoms with van der Waals surface area (Å²) in [5, 5.41) is 13.9. The number of aliphatic hydroxyl groups is 1. The number of hydrogen-bond acceptors (Lipinski definition) is 3. The first kappa shape index (κ1) is 13.2. The lowest BCUT2D eigenvalue weighted by Crippen LogP contribution is -2.46. The lowest BCUT2D eigenvalue weighted by Gasteiger charge is -2.28. The molecule has 0 aromatic carbocycles. The number of amides is 1. The van der Waals surface area contributed by atoms with Crippen molar-refractivity contribution < 1.29 is 9.90 Å². The Balaban J connectivity index is 2.49. The molecular weight excluding hydrogens is 222 g/mol. The van der Waals surface area contributed by atoms with Gasteiger partial charge in [0.15, 0.2) is 0 Å². The van der Waals surface area contributed by atoms with Crippen LogP contribution in [-0.2, 0) is 11.2 Å². The predicted molar refractivity (Wildman–Crippen MR) is 66.6 cm³/mol. The van der Waals surface area contributed by atoms with E-state index in [1.54, 1.807) is 11.3 Å². The molecule has 0 radical (unpaired) electrons. The zero-order chi connectivity index (χ0) is 12.0. The monoisotopic (exact) mass is 241 g/mol. The topological polar surface area (TPSA) is 49.3 Å². The summed E-state index contributed by atoms with van der Waals surface area (Å²) in [4.78, 5) is 12.8. The molecule has 4 heteroatoms. The van der Waals surface area contributed by atoms with Crippen molar-refractivity contribution in [1.82, 2.24) is 5.32 Å². The van der Waals surface area contributed by atoms with Crippen LogP contribution in [0.4, 0.5) is 0 Å². The van der Waals surface area contributed by atoms with E-state index < -0.39 is 0 Å². The summed E-state index contributed by atoms with van der Waals surface area (Å²) in [6.45, 7) is 4.08. The van der Waals surface area contributed by atoms with Crippen molar-refractivity contribution in [1.29, 1.82) is 0 Å². The van der Waals surface area contributed by atoms with Gasteiger partial charge in [-0.25, -0.2) is 0 Å². The molecule has 0 saturated carbocycles. The Hall–Kier alpha value is -0.870. The van der Waals surface area contributed by atoms with Gasteiger partial charge in [-0.3, -0.25) is 4.79 Å². The average molecular weight is 241 g/mol. The lowest BCUT2D eigenvalue weighted by atomic mass is 9.94. The molecule has 1 unspecified atom stereocenters. The molecular formula is C12H19NO2S. The van der Waals surface area contributed by atoms with E-state index in [0.717, 1.165) is 11.3 Å². The summed E-state index contributed by atoms with van der Waals surface area (Å²) in [5.74, 6) is 0.0280. The fourth-order valence-corrected chi connectivity index (χ4v) is 2.23. The van der Waals surface area contributed by atoms with Crippen molar-refractivity contribution in [3.05, 3.63) is 22.4 Å². The van der Waals surface area contributed by atoms with Gasteiger partial charge in [-0.05, 0) is 31.2 Å². The van der Waals surface area contributed by atoms with Crippen LogP contribution in [0.1, 0.15) is 31.6 Å². The average Bonchev–Trinajstić information content (AvgIpc) is 2.70. The van der Waals surface area contributed by atoms with E-state index in [2.05, 4.69) is 5.32 Å². The van der Waals surface area contributed by atoms with E-state index in [4.69, 9.17) is 5.11 Å². The van der Waals surface area contributed by atoms with Crippen molar-refractivity contribution in [2.24, 2.45) is 0 Å². The van der Waals surface area contributed by atoms with Crippen molar-refractivity contribution in [3.8, 4) is 0 Å². The quantitative estimate of drug-likeness (QED) is 0.800. The van der Waals surface area contributed by atoms with E-state index >= 15 is 0 Å². The molecule has 0 spiro atoms. The molecule has 3 nitrogen and oxygen atoms in total. The van der Waals surface area contributed by atoms with Crippen LogP contribution in [0.3, 0.4) is 0 Å². The summed E-state index contributed by atoms with van der Waals surface area (Å²) in [6.07, 6.45) is 1.85. The van der Waals surface area contributed by atoms with Crippen molar-refractivity contribution in [2.75, 3.05) is 6.61 Å². The minimum Gasteiger partial charge on any atom is -0.396 e. The Morgan fingerprint density at radius 2 is 2.38 bits per heavy atom. The third-order valence-electron chi connectivity index (χ3n) is 2.80. The SMILES string of the molecule is CCC(C)(CCO)NC(=O)Cc1cccs1. The second-order valence-corrected chi connectivity index (χ2v) is 5.22. The Morgan fingerprint density at radius 1 is 1.62 bits per heavy atom. The number of thiophene rings is 1. The molecule has 0 aliphatic heterocycles. The van der Waals surface area contributed by atoms with E-state index in [1.165, 1.54) is 0 Å². The van der Waals surface area contributed by atoms with Gasteiger partial charge in [0.2, 0.25) is 5.91 Å². The van der Waals surface area contributed by atoms with Crippen LogP contribution in [0.25, 0.3) is 0 Å². The standard InChI is InChI=1S/C12H19NO2S/c1-3-12(2,6-7-14)13-11(15)9-10-5-4-8-16-10/h4-5,8,14H,3,6-7,9H2,1-2H3,(H,13,15). The summed E-state index contributed by atoms with van der Waals surface area (Å²) in [6, 6.07) is 3.90. The Labute approximate surface area is 100 Å². The van der Waals surface area contributed by atoms with Gasteiger partial charge >= 0.3 is 0 Å². The highest BCUT2D eigenvalue weighted by Crippen LogP contribution is 2.15. The van der Waals surface area contributed by atoms with Gasteiger partial charge in [0.1, 0.15) is 0 Å².